The number of rotatable bonds is 10. The Labute approximate surface area is 209 Å². The van der Waals surface area contributed by atoms with Crippen LogP contribution in [0.3, 0.4) is 0 Å². The van der Waals surface area contributed by atoms with Gasteiger partial charge < -0.3 is 20.1 Å². The van der Waals surface area contributed by atoms with Crippen LogP contribution >= 0.6 is 0 Å². The van der Waals surface area contributed by atoms with Crippen LogP contribution in [0.5, 0.6) is 11.5 Å². The molecule has 5 nitrogen and oxygen atoms in total. The molecule has 2 aliphatic rings. The summed E-state index contributed by atoms with van der Waals surface area (Å²) in [6, 6.07) is 8.69. The monoisotopic (exact) mass is 471 g/mol. The van der Waals surface area contributed by atoms with Crippen LogP contribution < -0.4 is 20.1 Å². The molecule has 0 saturated carbocycles. The highest BCUT2D eigenvalue weighted by molar-refractivity contribution is 5.88. The standard InChI is InChI=1S/C30H37N3O2/c1-7-10-31-16-21(6)32-15-19(4)22-11-24-17-35-28-14-23(26(9-3)33-20(5)8-2)12-25-18-34-27(13-22)29(24)30(25)28/h9,11-15,31,33H,5,7-8,10,16-18H2,1-4,6H3/b19-15+,26-9-,32-21+. The van der Waals surface area contributed by atoms with Crippen molar-refractivity contribution >= 4 is 17.0 Å². The van der Waals surface area contributed by atoms with E-state index in [2.05, 4.69) is 80.2 Å². The molecule has 0 amide bonds. The first-order valence-corrected chi connectivity index (χ1v) is 12.6. The maximum atomic E-state index is 6.29. The molecule has 0 fully saturated rings. The van der Waals surface area contributed by atoms with Crippen LogP contribution in [0.2, 0.25) is 0 Å². The Balaban J connectivity index is 1.65. The molecule has 0 unspecified atom stereocenters. The number of ether oxygens (including phenoxy) is 2. The van der Waals surface area contributed by atoms with Crippen LogP contribution in [-0.4, -0.2) is 18.8 Å². The summed E-state index contributed by atoms with van der Waals surface area (Å²) in [5.41, 5.74) is 11.0. The molecule has 0 spiro atoms. The van der Waals surface area contributed by atoms with E-state index in [-0.39, 0.29) is 0 Å². The molecule has 0 saturated heterocycles. The van der Waals surface area contributed by atoms with E-state index in [1.54, 1.807) is 0 Å². The minimum absolute atomic E-state index is 0.518. The summed E-state index contributed by atoms with van der Waals surface area (Å²) in [6.45, 7) is 17.4. The first-order valence-electron chi connectivity index (χ1n) is 12.6. The Bertz CT molecular complexity index is 1170. The molecule has 0 atom stereocenters. The fourth-order valence-electron chi connectivity index (χ4n) is 4.43. The molecule has 4 rings (SSSR count). The zero-order valence-electron chi connectivity index (χ0n) is 21.7. The molecule has 5 heteroatoms. The number of allylic oxidation sites excluding steroid dienone is 3. The van der Waals surface area contributed by atoms with Crippen molar-refractivity contribution in [3.8, 4) is 22.6 Å². The summed E-state index contributed by atoms with van der Waals surface area (Å²) >= 11 is 0. The van der Waals surface area contributed by atoms with Crippen molar-refractivity contribution in [1.82, 2.24) is 10.6 Å². The molecule has 35 heavy (non-hydrogen) atoms. The van der Waals surface area contributed by atoms with E-state index in [0.29, 0.717) is 13.2 Å². The molecule has 0 radical (unpaired) electrons. The third-order valence-electron chi connectivity index (χ3n) is 6.46. The Hall–Kier alpha value is -3.31. The molecule has 2 aromatic carbocycles. The molecular weight excluding hydrogens is 434 g/mol. The molecular formula is C30H37N3O2. The minimum atomic E-state index is 0.518. The summed E-state index contributed by atoms with van der Waals surface area (Å²) in [6.07, 6.45) is 6.02. The second-order valence-corrected chi connectivity index (χ2v) is 9.23. The van der Waals surface area contributed by atoms with Crippen LogP contribution in [0.1, 0.15) is 69.7 Å². The quantitative estimate of drug-likeness (QED) is 0.294. The smallest absolute Gasteiger partial charge is 0.128 e. The third-order valence-corrected chi connectivity index (χ3v) is 6.46. The van der Waals surface area contributed by atoms with Crippen LogP contribution in [0, 0.1) is 0 Å². The number of hydrogen-bond acceptors (Lipinski definition) is 5. The second kappa shape index (κ2) is 11.0. The van der Waals surface area contributed by atoms with E-state index in [0.717, 1.165) is 93.5 Å². The number of nitrogens with zero attached hydrogens (tertiary/aromatic N) is 1. The van der Waals surface area contributed by atoms with Gasteiger partial charge in [0.25, 0.3) is 0 Å². The van der Waals surface area contributed by atoms with Gasteiger partial charge in [-0.25, -0.2) is 0 Å². The van der Waals surface area contributed by atoms with Gasteiger partial charge in [0.15, 0.2) is 0 Å². The highest BCUT2D eigenvalue weighted by atomic mass is 16.5. The van der Waals surface area contributed by atoms with Gasteiger partial charge in [0, 0.05) is 57.7 Å². The van der Waals surface area contributed by atoms with E-state index in [1.807, 2.05) is 13.1 Å². The molecule has 0 aliphatic carbocycles. The lowest BCUT2D eigenvalue weighted by atomic mass is 9.87. The predicted octanol–water partition coefficient (Wildman–Crippen LogP) is 6.83. The van der Waals surface area contributed by atoms with E-state index in [4.69, 9.17) is 9.47 Å². The largest absolute Gasteiger partial charge is 0.488 e. The lowest BCUT2D eigenvalue weighted by molar-refractivity contribution is 0.277. The van der Waals surface area contributed by atoms with E-state index >= 15 is 0 Å². The highest BCUT2D eigenvalue weighted by Gasteiger charge is 2.29. The van der Waals surface area contributed by atoms with E-state index in [9.17, 15) is 0 Å². The van der Waals surface area contributed by atoms with Gasteiger partial charge in [0.05, 0.1) is 0 Å². The average molecular weight is 472 g/mol. The molecule has 2 heterocycles. The lowest BCUT2D eigenvalue weighted by Gasteiger charge is -2.31. The molecule has 2 N–H and O–H groups in total. The highest BCUT2D eigenvalue weighted by Crippen LogP contribution is 2.49. The molecule has 0 bridgehead atoms. The molecule has 0 aromatic heterocycles. The van der Waals surface area contributed by atoms with Crippen LogP contribution in [0.4, 0.5) is 0 Å². The van der Waals surface area contributed by atoms with Crippen molar-refractivity contribution in [2.24, 2.45) is 4.99 Å². The van der Waals surface area contributed by atoms with E-state index in [1.165, 1.54) is 0 Å². The van der Waals surface area contributed by atoms with Gasteiger partial charge in [-0.05, 0) is 75.6 Å². The SMILES string of the molecule is C=C(CC)N/C(=C\C)c1cc2c3c(c1)OCc1cc(/C(C)=C/N=C(\C)CNCCC)cc(c1-3)OC2. The normalized spacial score (nSPS) is 14.7. The van der Waals surface area contributed by atoms with Crippen molar-refractivity contribution in [2.75, 3.05) is 13.1 Å². The zero-order valence-corrected chi connectivity index (χ0v) is 21.7. The summed E-state index contributed by atoms with van der Waals surface area (Å²) in [4.78, 5) is 4.65. The average Bonchev–Trinajstić information content (AvgIpc) is 2.88. The summed E-state index contributed by atoms with van der Waals surface area (Å²) < 4.78 is 12.6. The number of benzene rings is 2. The van der Waals surface area contributed by atoms with Gasteiger partial charge in [-0.15, -0.1) is 0 Å². The van der Waals surface area contributed by atoms with Gasteiger partial charge in [-0.1, -0.05) is 26.5 Å². The van der Waals surface area contributed by atoms with Crippen molar-refractivity contribution in [3.63, 3.8) is 0 Å². The fourth-order valence-corrected chi connectivity index (χ4v) is 4.43. The van der Waals surface area contributed by atoms with Crippen LogP contribution in [0.25, 0.3) is 22.4 Å². The maximum absolute atomic E-state index is 6.29. The van der Waals surface area contributed by atoms with Gasteiger partial charge in [0.1, 0.15) is 24.7 Å². The number of hydrogen-bond donors (Lipinski definition) is 2. The molecule has 2 aliphatic heterocycles. The summed E-state index contributed by atoms with van der Waals surface area (Å²) in [7, 11) is 0. The van der Waals surface area contributed by atoms with Gasteiger partial charge in [-0.2, -0.15) is 0 Å². The lowest BCUT2D eigenvalue weighted by Crippen LogP contribution is -2.21. The maximum Gasteiger partial charge on any atom is 0.128 e. The fraction of sp³-hybridized carbons (Fsp3) is 0.367. The Morgan fingerprint density at radius 2 is 1.63 bits per heavy atom. The van der Waals surface area contributed by atoms with Crippen molar-refractivity contribution in [2.45, 2.75) is 60.7 Å². The topological polar surface area (TPSA) is 54.9 Å². The van der Waals surface area contributed by atoms with Gasteiger partial charge in [0.2, 0.25) is 0 Å². The summed E-state index contributed by atoms with van der Waals surface area (Å²) in [5, 5.41) is 6.82. The van der Waals surface area contributed by atoms with E-state index < -0.39 is 0 Å². The van der Waals surface area contributed by atoms with Crippen molar-refractivity contribution in [3.05, 3.63) is 71.1 Å². The first-order chi connectivity index (χ1) is 16.9. The molecule has 184 valence electrons. The van der Waals surface area contributed by atoms with Crippen molar-refractivity contribution in [1.29, 1.82) is 0 Å². The zero-order chi connectivity index (χ0) is 24.9. The van der Waals surface area contributed by atoms with Gasteiger partial charge in [-0.3, -0.25) is 4.99 Å². The second-order valence-electron chi connectivity index (χ2n) is 9.23. The Kier molecular flexibility index (Phi) is 7.76. The number of nitrogens with one attached hydrogen (secondary N) is 2. The molecule has 2 aromatic rings. The Morgan fingerprint density at radius 1 is 1.00 bits per heavy atom. The predicted molar refractivity (Wildman–Crippen MR) is 147 cm³/mol. The third kappa shape index (κ3) is 5.35. The summed E-state index contributed by atoms with van der Waals surface area (Å²) in [5.74, 6) is 1.83. The van der Waals surface area contributed by atoms with Crippen LogP contribution in [0.15, 0.2) is 53.8 Å². The van der Waals surface area contributed by atoms with Crippen molar-refractivity contribution < 1.29 is 9.47 Å². The first kappa shape index (κ1) is 24.8. The van der Waals surface area contributed by atoms with Gasteiger partial charge >= 0.3 is 0 Å². The minimum Gasteiger partial charge on any atom is -0.488 e. The Morgan fingerprint density at radius 3 is 2.23 bits per heavy atom. The number of aliphatic imine (C=N–C) groups is 1. The van der Waals surface area contributed by atoms with Crippen LogP contribution in [-0.2, 0) is 13.2 Å².